The number of carbonyl (C=O) groups excluding carboxylic acids is 1. The normalized spacial score (nSPS) is 15.2. The molecule has 1 aromatic heterocycles. The van der Waals surface area contributed by atoms with Gasteiger partial charge in [-0.15, -0.1) is 0 Å². The van der Waals surface area contributed by atoms with Gasteiger partial charge in [0.25, 0.3) is 0 Å². The molecule has 21 heavy (non-hydrogen) atoms. The van der Waals surface area contributed by atoms with E-state index in [0.717, 1.165) is 29.0 Å². The van der Waals surface area contributed by atoms with Gasteiger partial charge in [0.15, 0.2) is 5.13 Å². The molecule has 0 atom stereocenters. The first-order chi connectivity index (χ1) is 10.2. The Kier molecular flexibility index (Phi) is 3.80. The van der Waals surface area contributed by atoms with Crippen LogP contribution >= 0.6 is 11.3 Å². The maximum Gasteiger partial charge on any atom is 0.318 e. The number of benzene rings is 1. The lowest BCUT2D eigenvalue weighted by Gasteiger charge is -2.29. The second-order valence-corrected chi connectivity index (χ2v) is 5.57. The highest BCUT2D eigenvalue weighted by Crippen LogP contribution is 2.39. The van der Waals surface area contributed by atoms with Gasteiger partial charge in [-0.25, -0.2) is 9.78 Å². The van der Waals surface area contributed by atoms with E-state index >= 15 is 0 Å². The van der Waals surface area contributed by atoms with Crippen molar-refractivity contribution in [2.75, 3.05) is 43.6 Å². The molecule has 1 aliphatic rings. The Hall–Kier alpha value is -2.06. The van der Waals surface area contributed by atoms with Crippen LogP contribution in [0.25, 0.3) is 10.2 Å². The summed E-state index contributed by atoms with van der Waals surface area (Å²) in [5.74, 6) is 0.677. The Balaban J connectivity index is 2.07. The van der Waals surface area contributed by atoms with E-state index < -0.39 is 6.03 Å². The SMILES string of the molecule is COc1ccc(N2CCOCC2)c2sc(NC(N)=O)nc12. The van der Waals surface area contributed by atoms with E-state index in [1.165, 1.54) is 11.3 Å². The number of urea groups is 1. The summed E-state index contributed by atoms with van der Waals surface area (Å²) >= 11 is 1.39. The van der Waals surface area contributed by atoms with E-state index in [0.29, 0.717) is 24.1 Å². The van der Waals surface area contributed by atoms with Gasteiger partial charge in [-0.05, 0) is 12.1 Å². The van der Waals surface area contributed by atoms with E-state index in [-0.39, 0.29) is 0 Å². The summed E-state index contributed by atoms with van der Waals surface area (Å²) < 4.78 is 11.7. The minimum absolute atomic E-state index is 0.469. The fourth-order valence-electron chi connectivity index (χ4n) is 2.35. The van der Waals surface area contributed by atoms with Crippen molar-refractivity contribution in [2.24, 2.45) is 5.73 Å². The standard InChI is InChI=1S/C13H16N4O3S/c1-19-9-3-2-8(17-4-6-20-7-5-17)11-10(9)15-13(21-11)16-12(14)18/h2-3H,4-7H2,1H3,(H3,14,15,16,18). The highest BCUT2D eigenvalue weighted by molar-refractivity contribution is 7.23. The summed E-state index contributed by atoms with van der Waals surface area (Å²) in [7, 11) is 1.60. The average Bonchev–Trinajstić information content (AvgIpc) is 2.89. The van der Waals surface area contributed by atoms with Crippen LogP contribution in [0, 0.1) is 0 Å². The second-order valence-electron chi connectivity index (χ2n) is 4.57. The molecule has 0 radical (unpaired) electrons. The topological polar surface area (TPSA) is 89.7 Å². The van der Waals surface area contributed by atoms with Gasteiger partial charge in [-0.1, -0.05) is 11.3 Å². The molecule has 2 aromatic rings. The summed E-state index contributed by atoms with van der Waals surface area (Å²) in [5, 5.41) is 2.99. The monoisotopic (exact) mass is 308 g/mol. The zero-order valence-electron chi connectivity index (χ0n) is 11.6. The van der Waals surface area contributed by atoms with Gasteiger partial charge in [-0.2, -0.15) is 0 Å². The maximum atomic E-state index is 11.0. The number of amides is 2. The van der Waals surface area contributed by atoms with Crippen LogP contribution in [0.15, 0.2) is 12.1 Å². The molecule has 112 valence electrons. The fourth-order valence-corrected chi connectivity index (χ4v) is 3.37. The van der Waals surface area contributed by atoms with Crippen molar-refractivity contribution in [3.8, 4) is 5.75 Å². The minimum Gasteiger partial charge on any atom is -0.494 e. The molecule has 1 aromatic carbocycles. The third-order valence-electron chi connectivity index (χ3n) is 3.29. The molecule has 7 nitrogen and oxygen atoms in total. The number of methoxy groups -OCH3 is 1. The number of ether oxygens (including phenoxy) is 2. The molecule has 2 amide bonds. The number of hydrogen-bond donors (Lipinski definition) is 2. The smallest absolute Gasteiger partial charge is 0.318 e. The van der Waals surface area contributed by atoms with Crippen molar-refractivity contribution in [2.45, 2.75) is 0 Å². The third-order valence-corrected chi connectivity index (χ3v) is 4.28. The number of nitrogens with zero attached hydrogens (tertiary/aromatic N) is 2. The van der Waals surface area contributed by atoms with Gasteiger partial charge in [0.2, 0.25) is 0 Å². The van der Waals surface area contributed by atoms with Crippen molar-refractivity contribution in [1.82, 2.24) is 4.98 Å². The van der Waals surface area contributed by atoms with Gasteiger partial charge in [0.05, 0.1) is 30.7 Å². The van der Waals surface area contributed by atoms with E-state index in [1.54, 1.807) is 7.11 Å². The summed E-state index contributed by atoms with van der Waals surface area (Å²) in [6, 6.07) is 3.28. The molecular formula is C13H16N4O3S. The molecule has 1 fully saturated rings. The lowest BCUT2D eigenvalue weighted by atomic mass is 10.2. The van der Waals surface area contributed by atoms with E-state index in [9.17, 15) is 4.79 Å². The van der Waals surface area contributed by atoms with E-state index in [2.05, 4.69) is 15.2 Å². The predicted molar refractivity (Wildman–Crippen MR) is 82.4 cm³/mol. The molecule has 0 bridgehead atoms. The van der Waals surface area contributed by atoms with Crippen molar-refractivity contribution in [1.29, 1.82) is 0 Å². The van der Waals surface area contributed by atoms with Gasteiger partial charge >= 0.3 is 6.03 Å². The maximum absolute atomic E-state index is 11.0. The second kappa shape index (κ2) is 5.74. The van der Waals surface area contributed by atoms with Gasteiger partial charge in [-0.3, -0.25) is 5.32 Å². The van der Waals surface area contributed by atoms with Crippen molar-refractivity contribution >= 4 is 38.4 Å². The summed E-state index contributed by atoms with van der Waals surface area (Å²) in [5.41, 5.74) is 6.96. The number of nitrogens with one attached hydrogen (secondary N) is 1. The van der Waals surface area contributed by atoms with E-state index in [4.69, 9.17) is 15.2 Å². The molecule has 0 spiro atoms. The van der Waals surface area contributed by atoms with Crippen LogP contribution in [-0.4, -0.2) is 44.4 Å². The average molecular weight is 308 g/mol. The Morgan fingerprint density at radius 2 is 2.24 bits per heavy atom. The van der Waals surface area contributed by atoms with E-state index in [1.807, 2.05) is 12.1 Å². The number of rotatable bonds is 3. The van der Waals surface area contributed by atoms with Crippen LogP contribution in [0.5, 0.6) is 5.75 Å². The van der Waals surface area contributed by atoms with Gasteiger partial charge < -0.3 is 20.1 Å². The lowest BCUT2D eigenvalue weighted by Crippen LogP contribution is -2.36. The lowest BCUT2D eigenvalue weighted by molar-refractivity contribution is 0.123. The predicted octanol–water partition coefficient (Wildman–Crippen LogP) is 1.63. The Morgan fingerprint density at radius 1 is 1.48 bits per heavy atom. The number of thiazole rings is 1. The first kappa shape index (κ1) is 13.9. The number of fused-ring (bicyclic) bond motifs is 1. The molecule has 1 aliphatic heterocycles. The molecule has 8 heteroatoms. The van der Waals surface area contributed by atoms with Crippen LogP contribution in [0.3, 0.4) is 0 Å². The summed E-state index contributed by atoms with van der Waals surface area (Å²) in [6.45, 7) is 3.08. The molecule has 3 N–H and O–H groups in total. The molecule has 0 unspecified atom stereocenters. The van der Waals surface area contributed by atoms with Crippen molar-refractivity contribution in [3.05, 3.63) is 12.1 Å². The number of aromatic nitrogens is 1. The summed E-state index contributed by atoms with van der Waals surface area (Å²) in [6.07, 6.45) is 0. The van der Waals surface area contributed by atoms with Crippen LogP contribution in [-0.2, 0) is 4.74 Å². The van der Waals surface area contributed by atoms with Gasteiger partial charge in [0, 0.05) is 13.1 Å². The Labute approximate surface area is 125 Å². The number of primary amides is 1. The third kappa shape index (κ3) is 2.72. The number of hydrogen-bond acceptors (Lipinski definition) is 6. The molecule has 3 rings (SSSR count). The van der Waals surface area contributed by atoms with Crippen molar-refractivity contribution < 1.29 is 14.3 Å². The van der Waals surface area contributed by atoms with Crippen LogP contribution in [0.2, 0.25) is 0 Å². The van der Waals surface area contributed by atoms with Gasteiger partial charge in [0.1, 0.15) is 11.3 Å². The zero-order valence-corrected chi connectivity index (χ0v) is 12.4. The Bertz CT molecular complexity index is 667. The zero-order chi connectivity index (χ0) is 14.8. The van der Waals surface area contributed by atoms with Crippen LogP contribution in [0.1, 0.15) is 0 Å². The van der Waals surface area contributed by atoms with Crippen LogP contribution < -0.4 is 20.7 Å². The molecular weight excluding hydrogens is 292 g/mol. The number of morpholine rings is 1. The minimum atomic E-state index is -0.624. The quantitative estimate of drug-likeness (QED) is 0.899. The largest absolute Gasteiger partial charge is 0.494 e. The highest BCUT2D eigenvalue weighted by Gasteiger charge is 2.19. The van der Waals surface area contributed by atoms with Crippen molar-refractivity contribution in [3.63, 3.8) is 0 Å². The fraction of sp³-hybridized carbons (Fsp3) is 0.385. The number of anilines is 2. The van der Waals surface area contributed by atoms with Crippen LogP contribution in [0.4, 0.5) is 15.6 Å². The first-order valence-electron chi connectivity index (χ1n) is 6.55. The number of nitrogens with two attached hydrogens (primary N) is 1. The first-order valence-corrected chi connectivity index (χ1v) is 7.37. The molecule has 1 saturated heterocycles. The summed E-state index contributed by atoms with van der Waals surface area (Å²) in [4.78, 5) is 17.7. The molecule has 0 saturated carbocycles. The number of carbonyl (C=O) groups is 1. The molecule has 2 heterocycles. The highest BCUT2D eigenvalue weighted by atomic mass is 32.1. The Morgan fingerprint density at radius 3 is 2.90 bits per heavy atom. The molecule has 0 aliphatic carbocycles.